The van der Waals surface area contributed by atoms with Crippen molar-refractivity contribution < 1.29 is 0 Å². The van der Waals surface area contributed by atoms with Crippen molar-refractivity contribution in [3.8, 4) is 11.3 Å². The number of imidazole rings is 1. The highest BCUT2D eigenvalue weighted by Crippen LogP contribution is 2.25. The summed E-state index contributed by atoms with van der Waals surface area (Å²) in [6.07, 6.45) is 5.58. The molecule has 2 N–H and O–H groups in total. The summed E-state index contributed by atoms with van der Waals surface area (Å²) in [4.78, 5) is 11.4. The van der Waals surface area contributed by atoms with Gasteiger partial charge in [-0.25, -0.2) is 4.98 Å². The third-order valence-corrected chi connectivity index (χ3v) is 3.94. The van der Waals surface area contributed by atoms with Gasteiger partial charge >= 0.3 is 0 Å². The maximum Gasteiger partial charge on any atom is 0.137 e. The van der Waals surface area contributed by atoms with E-state index < -0.39 is 0 Å². The minimum absolute atomic E-state index is 0.739. The van der Waals surface area contributed by atoms with E-state index in [2.05, 4.69) is 28.1 Å². The van der Waals surface area contributed by atoms with Crippen LogP contribution in [0.4, 0.5) is 5.69 Å². The maximum absolute atomic E-state index is 5.96. The first-order chi connectivity index (χ1) is 10.7. The number of aromatic nitrogens is 3. The number of pyridine rings is 2. The fourth-order valence-corrected chi connectivity index (χ4v) is 2.65. The fourth-order valence-electron chi connectivity index (χ4n) is 2.65. The predicted molar refractivity (Wildman–Crippen MR) is 89.5 cm³/mol. The number of nitrogens with two attached hydrogens (primary N) is 1. The van der Waals surface area contributed by atoms with Crippen LogP contribution in [-0.2, 0) is 6.54 Å². The molecule has 0 amide bonds. The first-order valence-corrected chi connectivity index (χ1v) is 7.62. The molecule has 0 aliphatic heterocycles. The zero-order valence-corrected chi connectivity index (χ0v) is 13.0. The van der Waals surface area contributed by atoms with Gasteiger partial charge in [-0.2, -0.15) is 0 Å². The quantitative estimate of drug-likeness (QED) is 0.786. The van der Waals surface area contributed by atoms with Crippen molar-refractivity contribution in [2.45, 2.75) is 20.4 Å². The van der Waals surface area contributed by atoms with Crippen molar-refractivity contribution in [3.05, 3.63) is 48.5 Å². The van der Waals surface area contributed by atoms with E-state index in [-0.39, 0.29) is 0 Å². The summed E-state index contributed by atoms with van der Waals surface area (Å²) in [6.45, 7) is 7.18. The van der Waals surface area contributed by atoms with Crippen LogP contribution in [0.3, 0.4) is 0 Å². The van der Waals surface area contributed by atoms with Crippen LogP contribution in [0.25, 0.3) is 16.9 Å². The maximum atomic E-state index is 5.96. The summed E-state index contributed by atoms with van der Waals surface area (Å²) in [7, 11) is 0. The van der Waals surface area contributed by atoms with Gasteiger partial charge in [0.1, 0.15) is 5.65 Å². The molecule has 5 heteroatoms. The van der Waals surface area contributed by atoms with E-state index in [1.807, 2.05) is 36.7 Å². The van der Waals surface area contributed by atoms with Gasteiger partial charge in [-0.3, -0.25) is 9.88 Å². The molecule has 3 heterocycles. The standard InChI is InChI=1S/C17H21N5/c1-3-21(4-2)12-15-17(13-6-5-9-19-10-13)20-16-8-7-14(18)11-22(15)16/h5-11H,3-4,12,18H2,1-2H3. The van der Waals surface area contributed by atoms with Crippen LogP contribution >= 0.6 is 0 Å². The Morgan fingerprint density at radius 1 is 1.18 bits per heavy atom. The zero-order chi connectivity index (χ0) is 15.5. The molecular formula is C17H21N5. The first-order valence-electron chi connectivity index (χ1n) is 7.62. The van der Waals surface area contributed by atoms with Gasteiger partial charge in [-0.1, -0.05) is 13.8 Å². The van der Waals surface area contributed by atoms with Gasteiger partial charge in [0, 0.05) is 36.4 Å². The third-order valence-electron chi connectivity index (χ3n) is 3.94. The molecule has 0 spiro atoms. The summed E-state index contributed by atoms with van der Waals surface area (Å²) in [5.74, 6) is 0. The molecular weight excluding hydrogens is 274 g/mol. The van der Waals surface area contributed by atoms with E-state index >= 15 is 0 Å². The molecule has 3 rings (SSSR count). The molecule has 3 aromatic heterocycles. The largest absolute Gasteiger partial charge is 0.398 e. The lowest BCUT2D eigenvalue weighted by Crippen LogP contribution is -2.23. The Kier molecular flexibility index (Phi) is 4.06. The van der Waals surface area contributed by atoms with Gasteiger partial charge < -0.3 is 10.1 Å². The highest BCUT2D eigenvalue weighted by molar-refractivity contribution is 5.66. The van der Waals surface area contributed by atoms with Gasteiger partial charge in [-0.05, 0) is 37.4 Å². The van der Waals surface area contributed by atoms with E-state index in [9.17, 15) is 0 Å². The molecule has 0 fully saturated rings. The summed E-state index contributed by atoms with van der Waals surface area (Å²) >= 11 is 0. The van der Waals surface area contributed by atoms with Gasteiger partial charge in [0.25, 0.3) is 0 Å². The Bertz CT molecular complexity index is 759. The smallest absolute Gasteiger partial charge is 0.137 e. The molecule has 0 unspecified atom stereocenters. The van der Waals surface area contributed by atoms with E-state index in [0.717, 1.165) is 47.9 Å². The first kappa shape index (κ1) is 14.5. The van der Waals surface area contributed by atoms with Crippen molar-refractivity contribution in [2.75, 3.05) is 18.8 Å². The average molecular weight is 295 g/mol. The molecule has 0 radical (unpaired) electrons. The molecule has 0 aliphatic carbocycles. The highest BCUT2D eigenvalue weighted by Gasteiger charge is 2.16. The zero-order valence-electron chi connectivity index (χ0n) is 13.0. The highest BCUT2D eigenvalue weighted by atomic mass is 15.1. The number of nitrogen functional groups attached to an aromatic ring is 1. The van der Waals surface area contributed by atoms with Crippen LogP contribution < -0.4 is 5.73 Å². The molecule has 0 saturated carbocycles. The SMILES string of the molecule is CCN(CC)Cc1c(-c2cccnc2)nc2ccc(N)cn12. The second kappa shape index (κ2) is 6.15. The summed E-state index contributed by atoms with van der Waals surface area (Å²) < 4.78 is 2.09. The van der Waals surface area contributed by atoms with E-state index in [1.165, 1.54) is 0 Å². The van der Waals surface area contributed by atoms with Crippen molar-refractivity contribution in [2.24, 2.45) is 0 Å². The number of fused-ring (bicyclic) bond motifs is 1. The Balaban J connectivity index is 2.18. The minimum atomic E-state index is 0.739. The van der Waals surface area contributed by atoms with Gasteiger partial charge in [0.2, 0.25) is 0 Å². The molecule has 114 valence electrons. The summed E-state index contributed by atoms with van der Waals surface area (Å²) in [5, 5.41) is 0. The van der Waals surface area contributed by atoms with Crippen molar-refractivity contribution in [3.63, 3.8) is 0 Å². The number of anilines is 1. The van der Waals surface area contributed by atoms with Crippen molar-refractivity contribution in [1.82, 2.24) is 19.3 Å². The summed E-state index contributed by atoms with van der Waals surface area (Å²) in [5.41, 5.74) is 10.8. The summed E-state index contributed by atoms with van der Waals surface area (Å²) in [6, 6.07) is 7.83. The number of rotatable bonds is 5. The average Bonchev–Trinajstić information content (AvgIpc) is 2.91. The van der Waals surface area contributed by atoms with Crippen LogP contribution in [0.2, 0.25) is 0 Å². The third kappa shape index (κ3) is 2.67. The van der Waals surface area contributed by atoms with Gasteiger partial charge in [0.15, 0.2) is 0 Å². The lowest BCUT2D eigenvalue weighted by molar-refractivity contribution is 0.292. The number of hydrogen-bond donors (Lipinski definition) is 1. The lowest BCUT2D eigenvalue weighted by atomic mass is 10.1. The van der Waals surface area contributed by atoms with E-state index in [0.29, 0.717) is 0 Å². The van der Waals surface area contributed by atoms with Crippen LogP contribution in [-0.4, -0.2) is 32.4 Å². The molecule has 0 aromatic carbocycles. The Hall–Kier alpha value is -2.40. The molecule has 0 aliphatic rings. The van der Waals surface area contributed by atoms with Crippen LogP contribution in [0.5, 0.6) is 0 Å². The van der Waals surface area contributed by atoms with Crippen LogP contribution in [0.1, 0.15) is 19.5 Å². The molecule has 22 heavy (non-hydrogen) atoms. The van der Waals surface area contributed by atoms with E-state index in [1.54, 1.807) is 6.20 Å². The lowest BCUT2D eigenvalue weighted by Gasteiger charge is -2.18. The number of hydrogen-bond acceptors (Lipinski definition) is 4. The molecule has 3 aromatic rings. The Morgan fingerprint density at radius 2 is 2.00 bits per heavy atom. The minimum Gasteiger partial charge on any atom is -0.398 e. The normalized spacial score (nSPS) is 11.4. The molecule has 5 nitrogen and oxygen atoms in total. The Labute approximate surface area is 130 Å². The molecule has 0 bridgehead atoms. The van der Waals surface area contributed by atoms with Crippen LogP contribution in [0, 0.1) is 0 Å². The van der Waals surface area contributed by atoms with Crippen molar-refractivity contribution in [1.29, 1.82) is 0 Å². The Morgan fingerprint density at radius 3 is 2.68 bits per heavy atom. The molecule has 0 atom stereocenters. The predicted octanol–water partition coefficient (Wildman–Crippen LogP) is 2.82. The second-order valence-corrected chi connectivity index (χ2v) is 5.30. The van der Waals surface area contributed by atoms with E-state index in [4.69, 9.17) is 10.7 Å². The topological polar surface area (TPSA) is 59.5 Å². The van der Waals surface area contributed by atoms with Crippen LogP contribution in [0.15, 0.2) is 42.9 Å². The fraction of sp³-hybridized carbons (Fsp3) is 0.294. The van der Waals surface area contributed by atoms with Gasteiger partial charge in [0.05, 0.1) is 11.4 Å². The van der Waals surface area contributed by atoms with Gasteiger partial charge in [-0.15, -0.1) is 0 Å². The second-order valence-electron chi connectivity index (χ2n) is 5.30. The number of nitrogens with zero attached hydrogens (tertiary/aromatic N) is 4. The molecule has 0 saturated heterocycles. The van der Waals surface area contributed by atoms with Crippen molar-refractivity contribution >= 4 is 11.3 Å². The monoisotopic (exact) mass is 295 g/mol.